The van der Waals surface area contributed by atoms with Crippen LogP contribution in [-0.2, 0) is 0 Å². The van der Waals surface area contributed by atoms with Crippen molar-refractivity contribution >= 4 is 75.5 Å². The largest absolute Gasteiger partial charge is 1.00 e. The topological polar surface area (TPSA) is 16.6 Å². The first kappa shape index (κ1) is 23.3. The molecule has 32 valence electrons. The van der Waals surface area contributed by atoms with Crippen molar-refractivity contribution in [1.82, 2.24) is 0 Å². The van der Waals surface area contributed by atoms with Gasteiger partial charge in [-0.05, 0) is 0 Å². The van der Waals surface area contributed by atoms with Crippen molar-refractivity contribution in [2.45, 2.75) is 0 Å². The molecule has 0 saturated heterocycles. The number of quaternary nitrogens is 1. The standard InChI is InChI=1S/C2H7N.2Ca.ClH/c1-3-2;;;/h3H,1-2H3;;;1H. The SMILES string of the molecule is C[NH2+]C.[Ca].[Ca].[Cl-]. The average molecular weight is 162 g/mol. The van der Waals surface area contributed by atoms with Crippen molar-refractivity contribution in [1.29, 1.82) is 0 Å². The molecule has 0 saturated carbocycles. The summed E-state index contributed by atoms with van der Waals surface area (Å²) in [5, 5.41) is 2.00. The average Bonchev–Trinajstić information content (AvgIpc) is 0.918. The van der Waals surface area contributed by atoms with Crippen LogP contribution in [0.25, 0.3) is 0 Å². The van der Waals surface area contributed by atoms with E-state index in [0.717, 1.165) is 0 Å². The third-order valence-corrected chi connectivity index (χ3v) is 0. The predicted molar refractivity (Wildman–Crippen MR) is 25.3 cm³/mol. The Morgan fingerprint density at radius 1 is 1.00 bits per heavy atom. The molecule has 0 fully saturated rings. The summed E-state index contributed by atoms with van der Waals surface area (Å²) in [5.74, 6) is 0. The molecule has 4 heteroatoms. The van der Waals surface area contributed by atoms with E-state index >= 15 is 0 Å². The Hall–Kier alpha value is 2.77. The molecule has 0 atom stereocenters. The molecule has 4 radical (unpaired) electrons. The van der Waals surface area contributed by atoms with Gasteiger partial charge in [0.05, 0.1) is 14.1 Å². The number of rotatable bonds is 0. The van der Waals surface area contributed by atoms with Crippen LogP contribution >= 0.6 is 0 Å². The van der Waals surface area contributed by atoms with E-state index in [1.54, 1.807) is 0 Å². The van der Waals surface area contributed by atoms with Gasteiger partial charge in [-0.25, -0.2) is 0 Å². The number of nitrogens with two attached hydrogens (primary N) is 1. The summed E-state index contributed by atoms with van der Waals surface area (Å²) in [7, 11) is 4.00. The van der Waals surface area contributed by atoms with E-state index < -0.39 is 0 Å². The van der Waals surface area contributed by atoms with E-state index in [0.29, 0.717) is 0 Å². The maximum Gasteiger partial charge on any atom is 0.0647 e. The van der Waals surface area contributed by atoms with Crippen LogP contribution in [0.2, 0.25) is 0 Å². The Labute approximate surface area is 105 Å². The second kappa shape index (κ2) is 25.1. The summed E-state index contributed by atoms with van der Waals surface area (Å²) in [6.45, 7) is 0. The van der Waals surface area contributed by atoms with E-state index in [1.165, 1.54) is 0 Å². The molecule has 0 aromatic rings. The molecule has 0 aliphatic carbocycles. The van der Waals surface area contributed by atoms with E-state index in [9.17, 15) is 0 Å². The van der Waals surface area contributed by atoms with Crippen LogP contribution in [0.3, 0.4) is 0 Å². The molecule has 0 aliphatic heterocycles. The van der Waals surface area contributed by atoms with Gasteiger partial charge in [0.25, 0.3) is 0 Å². The van der Waals surface area contributed by atoms with E-state index in [-0.39, 0.29) is 87.9 Å². The predicted octanol–water partition coefficient (Wildman–Crippen LogP) is -4.95. The molecule has 0 heterocycles. The van der Waals surface area contributed by atoms with Gasteiger partial charge in [-0.15, -0.1) is 0 Å². The van der Waals surface area contributed by atoms with Crippen LogP contribution in [0.4, 0.5) is 0 Å². The Morgan fingerprint density at radius 3 is 1.00 bits per heavy atom. The third-order valence-electron chi connectivity index (χ3n) is 0. The van der Waals surface area contributed by atoms with Crippen molar-refractivity contribution in [2.24, 2.45) is 0 Å². The smallest absolute Gasteiger partial charge is 0.0647 e. The summed E-state index contributed by atoms with van der Waals surface area (Å²) < 4.78 is 0. The fourth-order valence-corrected chi connectivity index (χ4v) is 0. The molecular formula is C2H8Ca2ClN. The van der Waals surface area contributed by atoms with Crippen molar-refractivity contribution in [3.05, 3.63) is 0 Å². The van der Waals surface area contributed by atoms with Gasteiger partial charge in [0.15, 0.2) is 0 Å². The molecule has 0 aromatic carbocycles. The summed E-state index contributed by atoms with van der Waals surface area (Å²) >= 11 is 0. The summed E-state index contributed by atoms with van der Waals surface area (Å²) in [5.41, 5.74) is 0. The summed E-state index contributed by atoms with van der Waals surface area (Å²) in [6.07, 6.45) is 0. The molecule has 0 aliphatic rings. The van der Waals surface area contributed by atoms with Crippen LogP contribution in [0.5, 0.6) is 0 Å². The second-order valence-electron chi connectivity index (χ2n) is 0.577. The molecule has 0 spiro atoms. The van der Waals surface area contributed by atoms with Crippen LogP contribution in [0.1, 0.15) is 0 Å². The molecule has 0 aromatic heterocycles. The Bertz CT molecular complexity index is 11.5. The molecule has 0 bridgehead atoms. The summed E-state index contributed by atoms with van der Waals surface area (Å²) in [4.78, 5) is 0. The Balaban J connectivity index is -0.00000000667. The van der Waals surface area contributed by atoms with Gasteiger partial charge < -0.3 is 17.7 Å². The summed E-state index contributed by atoms with van der Waals surface area (Å²) in [6, 6.07) is 0. The van der Waals surface area contributed by atoms with E-state index in [4.69, 9.17) is 0 Å². The first-order valence-electron chi connectivity index (χ1n) is 1.15. The normalized spacial score (nSPS) is 3.00. The quantitative estimate of drug-likeness (QED) is 0.343. The first-order valence-corrected chi connectivity index (χ1v) is 1.15. The minimum absolute atomic E-state index is 0. The van der Waals surface area contributed by atoms with Gasteiger partial charge >= 0.3 is 0 Å². The van der Waals surface area contributed by atoms with Crippen molar-refractivity contribution in [2.75, 3.05) is 14.1 Å². The monoisotopic (exact) mass is 161 g/mol. The third kappa shape index (κ3) is 29.4. The van der Waals surface area contributed by atoms with Crippen molar-refractivity contribution in [3.63, 3.8) is 0 Å². The van der Waals surface area contributed by atoms with Gasteiger partial charge in [0.2, 0.25) is 0 Å². The molecule has 0 amide bonds. The van der Waals surface area contributed by atoms with E-state index in [1.807, 2.05) is 19.4 Å². The number of halogens is 1. The van der Waals surface area contributed by atoms with Gasteiger partial charge in [-0.2, -0.15) is 0 Å². The second-order valence-corrected chi connectivity index (χ2v) is 0.577. The Morgan fingerprint density at radius 2 is 1.00 bits per heavy atom. The van der Waals surface area contributed by atoms with Gasteiger partial charge in [-0.3, -0.25) is 0 Å². The maximum absolute atomic E-state index is 2.00. The molecule has 6 heavy (non-hydrogen) atoms. The van der Waals surface area contributed by atoms with Crippen LogP contribution < -0.4 is 17.7 Å². The zero-order valence-electron chi connectivity index (χ0n) is 4.37. The van der Waals surface area contributed by atoms with Gasteiger partial charge in [0.1, 0.15) is 0 Å². The van der Waals surface area contributed by atoms with Crippen LogP contribution in [0, 0.1) is 0 Å². The molecule has 1 nitrogen and oxygen atoms in total. The minimum Gasteiger partial charge on any atom is -1.00 e. The molecule has 2 N–H and O–H groups in total. The van der Waals surface area contributed by atoms with Crippen LogP contribution in [-0.4, -0.2) is 89.6 Å². The zero-order valence-corrected chi connectivity index (χ0v) is 9.54. The fourth-order valence-electron chi connectivity index (χ4n) is 0. The zero-order chi connectivity index (χ0) is 2.71. The minimum atomic E-state index is 0. The van der Waals surface area contributed by atoms with Crippen molar-refractivity contribution in [3.8, 4) is 0 Å². The van der Waals surface area contributed by atoms with Gasteiger partial charge in [0, 0.05) is 75.5 Å². The van der Waals surface area contributed by atoms with E-state index in [2.05, 4.69) is 0 Å². The van der Waals surface area contributed by atoms with Gasteiger partial charge in [-0.1, -0.05) is 0 Å². The number of hydrogen-bond donors (Lipinski definition) is 1. The fraction of sp³-hybridized carbons (Fsp3) is 1.00. The number of hydrogen-bond acceptors (Lipinski definition) is 0. The Kier molecular flexibility index (Phi) is 97.2. The molecule has 0 rings (SSSR count). The molecular weight excluding hydrogens is 154 g/mol. The van der Waals surface area contributed by atoms with Crippen LogP contribution in [0.15, 0.2) is 0 Å². The maximum atomic E-state index is 2.00. The first-order chi connectivity index (χ1) is 1.41. The van der Waals surface area contributed by atoms with Crippen molar-refractivity contribution < 1.29 is 17.7 Å². The molecule has 0 unspecified atom stereocenters.